The van der Waals surface area contributed by atoms with Gasteiger partial charge in [-0.05, 0) is 99.7 Å². The standard InChI is InChI=1S/C32H52O5/c1-9-36-27-19(18-23(33)26(37-27)29(4,5)35)20-12-16-32(8)22-10-11-24-28(2,3)25(34)14-15-30(24,6)21(22)13-17-31(20,32)7/h10,19-21,23-24,26-27,33,35H,9,11-18H2,1-8H3/t19-,20-,21-,23-,24-,26-,27-,30+,31-,32+/m0/s1. The second kappa shape index (κ2) is 8.88. The molecule has 0 radical (unpaired) electrons. The van der Waals surface area contributed by atoms with Crippen molar-refractivity contribution < 1.29 is 24.5 Å². The highest BCUT2D eigenvalue weighted by Gasteiger charge is 2.66. The van der Waals surface area contributed by atoms with Crippen molar-refractivity contribution in [2.75, 3.05) is 6.61 Å². The zero-order valence-electron chi connectivity index (χ0n) is 24.6. The third-order valence-electron chi connectivity index (χ3n) is 12.7. The smallest absolute Gasteiger partial charge is 0.161 e. The molecule has 1 heterocycles. The second-order valence-electron chi connectivity index (χ2n) is 15.1. The van der Waals surface area contributed by atoms with Gasteiger partial charge in [-0.2, -0.15) is 0 Å². The van der Waals surface area contributed by atoms with Gasteiger partial charge < -0.3 is 19.7 Å². The van der Waals surface area contributed by atoms with Gasteiger partial charge >= 0.3 is 0 Å². The van der Waals surface area contributed by atoms with Crippen molar-refractivity contribution in [1.29, 1.82) is 0 Å². The highest BCUT2D eigenvalue weighted by atomic mass is 16.7. The summed E-state index contributed by atoms with van der Waals surface area (Å²) in [4.78, 5) is 12.9. The minimum absolute atomic E-state index is 0.100. The molecule has 4 fully saturated rings. The first kappa shape index (κ1) is 27.8. The van der Waals surface area contributed by atoms with Gasteiger partial charge in [0.1, 0.15) is 11.9 Å². The molecule has 4 aliphatic carbocycles. The predicted molar refractivity (Wildman–Crippen MR) is 145 cm³/mol. The van der Waals surface area contributed by atoms with E-state index in [0.29, 0.717) is 36.6 Å². The molecular weight excluding hydrogens is 464 g/mol. The van der Waals surface area contributed by atoms with Gasteiger partial charge in [-0.25, -0.2) is 0 Å². The average molecular weight is 517 g/mol. The van der Waals surface area contributed by atoms with Gasteiger partial charge in [0, 0.05) is 24.4 Å². The highest BCUT2D eigenvalue weighted by molar-refractivity contribution is 5.85. The van der Waals surface area contributed by atoms with Crippen molar-refractivity contribution in [3.05, 3.63) is 11.6 Å². The number of hydrogen-bond acceptors (Lipinski definition) is 5. The number of carbonyl (C=O) groups is 1. The summed E-state index contributed by atoms with van der Waals surface area (Å²) in [5.41, 5.74) is 0.680. The molecule has 0 aromatic heterocycles. The summed E-state index contributed by atoms with van der Waals surface area (Å²) in [6, 6.07) is 0. The van der Waals surface area contributed by atoms with Crippen LogP contribution in [0.3, 0.4) is 0 Å². The van der Waals surface area contributed by atoms with E-state index in [0.717, 1.165) is 38.5 Å². The maximum Gasteiger partial charge on any atom is 0.161 e. The Bertz CT molecular complexity index is 947. The molecule has 0 amide bonds. The van der Waals surface area contributed by atoms with Crippen molar-refractivity contribution in [2.45, 2.75) is 131 Å². The molecular formula is C32H52O5. The first-order valence-corrected chi connectivity index (χ1v) is 15.0. The minimum atomic E-state index is -1.13. The fourth-order valence-electron chi connectivity index (χ4n) is 10.4. The Morgan fingerprint density at radius 3 is 2.46 bits per heavy atom. The largest absolute Gasteiger partial charge is 0.390 e. The number of carbonyl (C=O) groups excluding carboxylic acids is 1. The van der Waals surface area contributed by atoms with Gasteiger partial charge in [0.25, 0.3) is 0 Å². The molecule has 210 valence electrons. The molecule has 0 aromatic rings. The van der Waals surface area contributed by atoms with Crippen molar-refractivity contribution in [3.63, 3.8) is 0 Å². The van der Waals surface area contributed by atoms with Crippen molar-refractivity contribution >= 4 is 5.78 Å². The molecule has 1 aliphatic heterocycles. The first-order valence-electron chi connectivity index (χ1n) is 15.0. The Kier molecular flexibility index (Phi) is 6.67. The zero-order valence-corrected chi connectivity index (χ0v) is 24.6. The van der Waals surface area contributed by atoms with Crippen LogP contribution in [0.4, 0.5) is 0 Å². The lowest BCUT2D eigenvalue weighted by molar-refractivity contribution is -0.292. The maximum atomic E-state index is 12.9. The Hall–Kier alpha value is -0.750. The molecule has 0 unspecified atom stereocenters. The van der Waals surface area contributed by atoms with Crippen LogP contribution >= 0.6 is 0 Å². The Labute approximate surface area is 224 Å². The van der Waals surface area contributed by atoms with Gasteiger partial charge in [0.05, 0.1) is 11.7 Å². The van der Waals surface area contributed by atoms with Crippen LogP contribution in [0.25, 0.3) is 0 Å². The van der Waals surface area contributed by atoms with E-state index < -0.39 is 24.1 Å². The summed E-state index contributed by atoms with van der Waals surface area (Å²) in [6.45, 7) is 17.9. The van der Waals surface area contributed by atoms with E-state index in [1.54, 1.807) is 19.4 Å². The summed E-state index contributed by atoms with van der Waals surface area (Å²) in [6.07, 6.45) is 8.76. The first-order chi connectivity index (χ1) is 17.1. The van der Waals surface area contributed by atoms with Gasteiger partial charge in [-0.1, -0.05) is 46.3 Å². The fourth-order valence-corrected chi connectivity index (χ4v) is 10.4. The molecule has 5 aliphatic rings. The number of allylic oxidation sites excluding steroid dienone is 2. The SMILES string of the molecule is CCO[C@H]1O[C@H](C(C)(C)O)[C@@H](O)C[C@H]1[C@@H]1CC[C@]2(C)C3=CC[C@H]4C(C)(C)C(=O)CC[C@]4(C)[C@H]3CC[C@@]12C. The number of fused-ring (bicyclic) bond motifs is 5. The van der Waals surface area contributed by atoms with E-state index in [4.69, 9.17) is 9.47 Å². The van der Waals surface area contributed by atoms with Crippen molar-refractivity contribution in [2.24, 2.45) is 45.3 Å². The lowest BCUT2D eigenvalue weighted by Crippen LogP contribution is -2.59. The van der Waals surface area contributed by atoms with Crippen LogP contribution in [0.5, 0.6) is 0 Å². The third-order valence-corrected chi connectivity index (χ3v) is 12.7. The number of rotatable bonds is 4. The van der Waals surface area contributed by atoms with E-state index in [9.17, 15) is 15.0 Å². The molecule has 3 saturated carbocycles. The normalized spacial score (nSPS) is 49.6. The molecule has 5 heteroatoms. The van der Waals surface area contributed by atoms with Gasteiger partial charge in [0.15, 0.2) is 6.29 Å². The summed E-state index contributed by atoms with van der Waals surface area (Å²) in [5, 5.41) is 21.8. The van der Waals surface area contributed by atoms with E-state index in [1.165, 1.54) is 6.42 Å². The predicted octanol–water partition coefficient (Wildman–Crippen LogP) is 6.06. The second-order valence-corrected chi connectivity index (χ2v) is 15.1. The van der Waals surface area contributed by atoms with Crippen molar-refractivity contribution in [3.8, 4) is 0 Å². The molecule has 0 bridgehead atoms. The van der Waals surface area contributed by atoms with Gasteiger partial charge in [-0.3, -0.25) is 4.79 Å². The Morgan fingerprint density at radius 1 is 1.11 bits per heavy atom. The zero-order chi connectivity index (χ0) is 27.2. The van der Waals surface area contributed by atoms with Crippen LogP contribution in [0.1, 0.15) is 107 Å². The topological polar surface area (TPSA) is 76.0 Å². The molecule has 0 spiro atoms. The van der Waals surface area contributed by atoms with E-state index in [1.807, 2.05) is 6.92 Å². The molecule has 2 N–H and O–H groups in total. The van der Waals surface area contributed by atoms with Gasteiger partial charge in [-0.15, -0.1) is 0 Å². The molecule has 0 aromatic carbocycles. The van der Waals surface area contributed by atoms with Crippen LogP contribution in [0.2, 0.25) is 0 Å². The monoisotopic (exact) mass is 516 g/mol. The van der Waals surface area contributed by atoms with E-state index in [2.05, 4.69) is 40.7 Å². The molecule has 10 atom stereocenters. The number of Topliss-reactive ketones (excluding diaryl/α,β-unsaturated/α-hetero) is 1. The highest BCUT2D eigenvalue weighted by Crippen LogP contribution is 2.73. The van der Waals surface area contributed by atoms with E-state index >= 15 is 0 Å². The number of ketones is 1. The summed E-state index contributed by atoms with van der Waals surface area (Å²) in [5.74, 6) is 1.91. The Morgan fingerprint density at radius 2 is 1.81 bits per heavy atom. The number of hydrogen-bond donors (Lipinski definition) is 2. The molecule has 5 nitrogen and oxygen atoms in total. The van der Waals surface area contributed by atoms with E-state index in [-0.39, 0.29) is 27.6 Å². The van der Waals surface area contributed by atoms with Crippen LogP contribution in [0.15, 0.2) is 11.6 Å². The Balaban J connectivity index is 1.47. The third kappa shape index (κ3) is 3.88. The van der Waals surface area contributed by atoms with Crippen LogP contribution in [-0.2, 0) is 14.3 Å². The number of aliphatic hydroxyl groups is 2. The number of ether oxygens (including phenoxy) is 2. The van der Waals surface area contributed by atoms with Crippen LogP contribution < -0.4 is 0 Å². The average Bonchev–Trinajstić information content (AvgIpc) is 3.08. The lowest BCUT2D eigenvalue weighted by atomic mass is 9.41. The van der Waals surface area contributed by atoms with Crippen LogP contribution in [0, 0.1) is 45.3 Å². The maximum absolute atomic E-state index is 12.9. The minimum Gasteiger partial charge on any atom is -0.390 e. The summed E-state index contributed by atoms with van der Waals surface area (Å²) in [7, 11) is 0. The van der Waals surface area contributed by atoms with Crippen molar-refractivity contribution in [1.82, 2.24) is 0 Å². The van der Waals surface area contributed by atoms with Gasteiger partial charge in [0.2, 0.25) is 0 Å². The molecule has 5 rings (SSSR count). The number of aliphatic hydroxyl groups excluding tert-OH is 1. The molecule has 37 heavy (non-hydrogen) atoms. The van der Waals surface area contributed by atoms with Crippen LogP contribution in [-0.4, -0.2) is 46.7 Å². The lowest BCUT2D eigenvalue weighted by Gasteiger charge is -2.63. The molecule has 1 saturated heterocycles. The summed E-state index contributed by atoms with van der Waals surface area (Å²) < 4.78 is 12.5. The summed E-state index contributed by atoms with van der Waals surface area (Å²) >= 11 is 0. The quantitative estimate of drug-likeness (QED) is 0.444. The fraction of sp³-hybridized carbons (Fsp3) is 0.906.